The monoisotopic (exact) mass is 399 g/mol. The summed E-state index contributed by atoms with van der Waals surface area (Å²) in [7, 11) is 0. The van der Waals surface area contributed by atoms with Crippen molar-refractivity contribution in [3.63, 3.8) is 0 Å². The van der Waals surface area contributed by atoms with Gasteiger partial charge in [-0.05, 0) is 69.2 Å². The smallest absolute Gasteiger partial charge is 0.110 e. The Morgan fingerprint density at radius 2 is 1.77 bits per heavy atom. The first-order chi connectivity index (χ1) is 14.9. The average Bonchev–Trinajstić information content (AvgIpc) is 3.24. The maximum absolute atomic E-state index is 4.83. The van der Waals surface area contributed by atoms with Crippen molar-refractivity contribution < 1.29 is 0 Å². The Kier molecular flexibility index (Phi) is 5.62. The van der Waals surface area contributed by atoms with Crippen LogP contribution in [0.2, 0.25) is 0 Å². The molecule has 0 atom stereocenters. The summed E-state index contributed by atoms with van der Waals surface area (Å²) >= 11 is 0. The Bertz CT molecular complexity index is 1040. The molecule has 1 fully saturated rings. The lowest BCUT2D eigenvalue weighted by molar-refractivity contribution is 0.216. The van der Waals surface area contributed by atoms with Crippen LogP contribution < -0.4 is 0 Å². The molecule has 3 aromatic rings. The van der Waals surface area contributed by atoms with Gasteiger partial charge in [0.25, 0.3) is 0 Å². The summed E-state index contributed by atoms with van der Waals surface area (Å²) in [6, 6.07) is 16.8. The third-order valence-corrected chi connectivity index (χ3v) is 6.11. The number of likely N-dealkylation sites (tertiary alicyclic amines) is 1. The average molecular weight is 400 g/mol. The topological polar surface area (TPSA) is 36.7 Å². The van der Waals surface area contributed by atoms with Crippen molar-refractivity contribution in [2.24, 2.45) is 4.99 Å². The molecule has 154 valence electrons. The fourth-order valence-corrected chi connectivity index (χ4v) is 4.42. The number of hydrogen-bond acceptors (Lipinski definition) is 4. The van der Waals surface area contributed by atoms with E-state index in [4.69, 9.17) is 4.99 Å². The van der Waals surface area contributed by atoms with Crippen LogP contribution in [0.4, 0.5) is 0 Å². The molecule has 3 heterocycles. The summed E-state index contributed by atoms with van der Waals surface area (Å²) < 4.78 is 2.13. The molecular formula is C25H29N5. The molecule has 0 N–H and O–H groups in total. The molecule has 2 aromatic carbocycles. The molecule has 0 saturated carbocycles. The third kappa shape index (κ3) is 4.17. The minimum absolute atomic E-state index is 0.738. The van der Waals surface area contributed by atoms with Gasteiger partial charge in [0.2, 0.25) is 0 Å². The highest BCUT2D eigenvalue weighted by Gasteiger charge is 2.12. The minimum atomic E-state index is 0.738. The minimum Gasteiger partial charge on any atom is -0.358 e. The summed E-state index contributed by atoms with van der Waals surface area (Å²) in [5.41, 5.74) is 5.41. The number of benzene rings is 2. The zero-order chi connectivity index (χ0) is 20.2. The third-order valence-electron chi connectivity index (χ3n) is 6.11. The van der Waals surface area contributed by atoms with E-state index in [1.807, 2.05) is 12.4 Å². The maximum atomic E-state index is 4.83. The number of fused-ring (bicyclic) bond motifs is 1. The number of para-hydroxylation sites is 1. The number of piperidine rings is 1. The maximum Gasteiger partial charge on any atom is 0.110 e. The van der Waals surface area contributed by atoms with Crippen LogP contribution >= 0.6 is 0 Å². The molecule has 5 nitrogen and oxygen atoms in total. The molecule has 0 spiro atoms. The zero-order valence-electron chi connectivity index (χ0n) is 17.5. The molecule has 5 rings (SSSR count). The normalized spacial score (nSPS) is 17.5. The lowest BCUT2D eigenvalue weighted by atomic mass is 10.1. The largest absolute Gasteiger partial charge is 0.358 e. The van der Waals surface area contributed by atoms with E-state index in [0.717, 1.165) is 41.2 Å². The van der Waals surface area contributed by atoms with Crippen LogP contribution in [0.3, 0.4) is 0 Å². The number of hydrogen-bond donors (Lipinski definition) is 0. The molecule has 0 unspecified atom stereocenters. The fourth-order valence-electron chi connectivity index (χ4n) is 4.42. The van der Waals surface area contributed by atoms with Crippen molar-refractivity contribution in [3.05, 3.63) is 72.7 Å². The highest BCUT2D eigenvalue weighted by atomic mass is 15.2. The summed E-state index contributed by atoms with van der Waals surface area (Å²) in [6.45, 7) is 5.58. The highest BCUT2D eigenvalue weighted by Crippen LogP contribution is 2.21. The van der Waals surface area contributed by atoms with Crippen molar-refractivity contribution in [2.75, 3.05) is 32.8 Å². The predicted octanol–water partition coefficient (Wildman–Crippen LogP) is 4.48. The molecule has 0 amide bonds. The van der Waals surface area contributed by atoms with Crippen LogP contribution in [0.5, 0.6) is 0 Å². The second-order valence-electron chi connectivity index (χ2n) is 8.22. The van der Waals surface area contributed by atoms with Gasteiger partial charge in [-0.1, -0.05) is 30.7 Å². The van der Waals surface area contributed by atoms with Crippen molar-refractivity contribution in [1.29, 1.82) is 0 Å². The van der Waals surface area contributed by atoms with E-state index in [-0.39, 0.29) is 0 Å². The zero-order valence-corrected chi connectivity index (χ0v) is 17.5. The number of rotatable bonds is 6. The van der Waals surface area contributed by atoms with E-state index in [0.29, 0.717) is 0 Å². The van der Waals surface area contributed by atoms with Crippen molar-refractivity contribution >= 4 is 16.7 Å². The van der Waals surface area contributed by atoms with Gasteiger partial charge in [-0.25, -0.2) is 4.98 Å². The highest BCUT2D eigenvalue weighted by molar-refractivity contribution is 6.10. The number of imidazole rings is 1. The number of aliphatic imine (C=N–C) groups is 1. The molecule has 5 heteroatoms. The quantitative estimate of drug-likeness (QED) is 0.613. The molecule has 30 heavy (non-hydrogen) atoms. The molecule has 0 radical (unpaired) electrons. The Hall–Kier alpha value is -2.92. The van der Waals surface area contributed by atoms with Crippen LogP contribution in [-0.2, 0) is 0 Å². The van der Waals surface area contributed by atoms with Gasteiger partial charge < -0.3 is 9.80 Å². The predicted molar refractivity (Wildman–Crippen MR) is 123 cm³/mol. The van der Waals surface area contributed by atoms with Crippen LogP contribution in [-0.4, -0.2) is 57.9 Å². The van der Waals surface area contributed by atoms with Gasteiger partial charge in [0.15, 0.2) is 0 Å². The van der Waals surface area contributed by atoms with E-state index in [9.17, 15) is 0 Å². The molecule has 1 aromatic heterocycles. The Morgan fingerprint density at radius 3 is 2.57 bits per heavy atom. The van der Waals surface area contributed by atoms with Crippen molar-refractivity contribution in [2.45, 2.75) is 25.7 Å². The molecular weight excluding hydrogens is 370 g/mol. The lowest BCUT2D eigenvalue weighted by Crippen LogP contribution is -2.33. The second kappa shape index (κ2) is 8.84. The van der Waals surface area contributed by atoms with Crippen LogP contribution in [0.15, 0.2) is 72.1 Å². The Balaban J connectivity index is 1.21. The summed E-state index contributed by atoms with van der Waals surface area (Å²) in [4.78, 5) is 14.4. The first kappa shape index (κ1) is 19.1. The molecule has 1 saturated heterocycles. The molecule has 2 aliphatic rings. The van der Waals surface area contributed by atoms with E-state index in [1.54, 1.807) is 0 Å². The van der Waals surface area contributed by atoms with Gasteiger partial charge in [-0.3, -0.25) is 9.56 Å². The summed E-state index contributed by atoms with van der Waals surface area (Å²) in [5.74, 6) is 0. The molecule has 0 aliphatic carbocycles. The van der Waals surface area contributed by atoms with Gasteiger partial charge in [-0.2, -0.15) is 0 Å². The van der Waals surface area contributed by atoms with E-state index in [1.165, 1.54) is 45.3 Å². The van der Waals surface area contributed by atoms with E-state index in [2.05, 4.69) is 74.1 Å². The molecule has 2 aliphatic heterocycles. The first-order valence-electron chi connectivity index (χ1n) is 11.1. The summed E-state index contributed by atoms with van der Waals surface area (Å²) in [6.07, 6.45) is 11.6. The van der Waals surface area contributed by atoms with Gasteiger partial charge in [0, 0.05) is 24.0 Å². The van der Waals surface area contributed by atoms with Gasteiger partial charge in [-0.15, -0.1) is 0 Å². The Labute approximate surface area is 178 Å². The first-order valence-corrected chi connectivity index (χ1v) is 11.1. The van der Waals surface area contributed by atoms with E-state index < -0.39 is 0 Å². The lowest BCUT2D eigenvalue weighted by Gasteiger charge is -2.28. The Morgan fingerprint density at radius 1 is 0.900 bits per heavy atom. The van der Waals surface area contributed by atoms with Crippen molar-refractivity contribution in [1.82, 2.24) is 19.4 Å². The van der Waals surface area contributed by atoms with Crippen LogP contribution in [0.25, 0.3) is 16.7 Å². The summed E-state index contributed by atoms with van der Waals surface area (Å²) in [5, 5.41) is 0. The van der Waals surface area contributed by atoms with E-state index >= 15 is 0 Å². The van der Waals surface area contributed by atoms with Crippen LogP contribution in [0.1, 0.15) is 31.2 Å². The number of nitrogens with zero attached hydrogens (tertiary/aromatic N) is 5. The van der Waals surface area contributed by atoms with Gasteiger partial charge in [0.05, 0.1) is 16.7 Å². The SMILES string of the molecule is C1=CN(CCCN2CCCCC2)CN=C1c1ccc2c(c1)ncn2-c1ccccc1. The second-order valence-corrected chi connectivity index (χ2v) is 8.22. The molecule has 0 bridgehead atoms. The van der Waals surface area contributed by atoms with Crippen molar-refractivity contribution in [3.8, 4) is 5.69 Å². The number of aromatic nitrogens is 2. The standard InChI is InChI=1S/C25H29N5/c1-3-8-22(9-4-1)30-20-27-24-18-21(10-11-25(24)30)23-12-17-29(19-26-23)16-7-15-28-13-5-2-6-14-28/h1,3-4,8-12,17-18,20H,2,5-7,13-16,19H2. The van der Waals surface area contributed by atoms with Gasteiger partial charge >= 0.3 is 0 Å². The van der Waals surface area contributed by atoms with Crippen LogP contribution in [0, 0.1) is 0 Å². The van der Waals surface area contributed by atoms with Gasteiger partial charge in [0.1, 0.15) is 13.0 Å². The fraction of sp³-hybridized carbons (Fsp3) is 0.360. The number of allylic oxidation sites excluding steroid dienone is 1.